The lowest BCUT2D eigenvalue weighted by atomic mass is 9.87. The maximum Gasteiger partial charge on any atom is 0.238 e. The number of benzene rings is 1. The van der Waals surface area contributed by atoms with Crippen LogP contribution in [-0.4, -0.2) is 18.5 Å². The van der Waals surface area contributed by atoms with Gasteiger partial charge in [-0.15, -0.1) is 0 Å². The van der Waals surface area contributed by atoms with Crippen molar-refractivity contribution in [2.24, 2.45) is 5.92 Å². The lowest BCUT2D eigenvalue weighted by molar-refractivity contribution is -0.115. The standard InChI is InChI=1S/C15H21FN2O/c1-11-5-7-13(8-6-11)17-10-15(19)18-14-4-2-3-12(16)9-14/h2-4,9,11,13,17H,5-8,10H2,1H3,(H,18,19). The highest BCUT2D eigenvalue weighted by atomic mass is 19.1. The lowest BCUT2D eigenvalue weighted by Gasteiger charge is -2.26. The number of nitrogens with one attached hydrogen (secondary N) is 2. The van der Waals surface area contributed by atoms with Crippen LogP contribution in [0.25, 0.3) is 0 Å². The van der Waals surface area contributed by atoms with Crippen LogP contribution in [0.3, 0.4) is 0 Å². The van der Waals surface area contributed by atoms with Gasteiger partial charge in [0, 0.05) is 11.7 Å². The number of carbonyl (C=O) groups excluding carboxylic acids is 1. The molecule has 3 nitrogen and oxygen atoms in total. The zero-order chi connectivity index (χ0) is 13.7. The largest absolute Gasteiger partial charge is 0.325 e. The van der Waals surface area contributed by atoms with E-state index in [1.54, 1.807) is 12.1 Å². The van der Waals surface area contributed by atoms with E-state index < -0.39 is 0 Å². The van der Waals surface area contributed by atoms with Gasteiger partial charge in [-0.25, -0.2) is 4.39 Å². The van der Waals surface area contributed by atoms with E-state index in [4.69, 9.17) is 0 Å². The highest BCUT2D eigenvalue weighted by Crippen LogP contribution is 2.23. The Balaban J connectivity index is 1.73. The highest BCUT2D eigenvalue weighted by molar-refractivity contribution is 5.92. The van der Waals surface area contributed by atoms with E-state index in [1.165, 1.54) is 25.0 Å². The summed E-state index contributed by atoms with van der Waals surface area (Å²) in [6.07, 6.45) is 4.72. The molecule has 0 unspecified atom stereocenters. The van der Waals surface area contributed by atoms with E-state index in [0.717, 1.165) is 18.8 Å². The van der Waals surface area contributed by atoms with E-state index in [9.17, 15) is 9.18 Å². The van der Waals surface area contributed by atoms with Crippen LogP contribution in [0.5, 0.6) is 0 Å². The lowest BCUT2D eigenvalue weighted by Crippen LogP contribution is -2.38. The molecule has 4 heteroatoms. The maximum absolute atomic E-state index is 13.0. The first-order valence-corrected chi connectivity index (χ1v) is 6.92. The molecule has 1 aliphatic rings. The van der Waals surface area contributed by atoms with Crippen LogP contribution >= 0.6 is 0 Å². The number of hydrogen-bond donors (Lipinski definition) is 2. The molecule has 0 spiro atoms. The predicted molar refractivity (Wildman–Crippen MR) is 74.5 cm³/mol. The second kappa shape index (κ2) is 6.66. The van der Waals surface area contributed by atoms with Gasteiger partial charge >= 0.3 is 0 Å². The van der Waals surface area contributed by atoms with Crippen LogP contribution < -0.4 is 10.6 Å². The molecule has 1 fully saturated rings. The second-order valence-electron chi connectivity index (χ2n) is 5.40. The molecule has 1 aromatic rings. The minimum Gasteiger partial charge on any atom is -0.325 e. The van der Waals surface area contributed by atoms with Crippen molar-refractivity contribution in [3.63, 3.8) is 0 Å². The van der Waals surface area contributed by atoms with Gasteiger partial charge in [0.25, 0.3) is 0 Å². The number of amides is 1. The van der Waals surface area contributed by atoms with Crippen LogP contribution in [0, 0.1) is 11.7 Å². The van der Waals surface area contributed by atoms with Crippen molar-refractivity contribution >= 4 is 11.6 Å². The summed E-state index contributed by atoms with van der Waals surface area (Å²) >= 11 is 0. The molecule has 0 aliphatic heterocycles. The zero-order valence-electron chi connectivity index (χ0n) is 11.3. The summed E-state index contributed by atoms with van der Waals surface area (Å²) in [6.45, 7) is 2.56. The first-order valence-electron chi connectivity index (χ1n) is 6.92. The average Bonchev–Trinajstić information content (AvgIpc) is 2.38. The Morgan fingerprint density at radius 2 is 2.05 bits per heavy atom. The van der Waals surface area contributed by atoms with Crippen LogP contribution in [0.4, 0.5) is 10.1 Å². The maximum atomic E-state index is 13.0. The fourth-order valence-corrected chi connectivity index (χ4v) is 2.47. The minimum atomic E-state index is -0.341. The van der Waals surface area contributed by atoms with Crippen LogP contribution in [0.1, 0.15) is 32.6 Å². The molecule has 19 heavy (non-hydrogen) atoms. The van der Waals surface area contributed by atoms with Crippen molar-refractivity contribution < 1.29 is 9.18 Å². The van der Waals surface area contributed by atoms with Crippen LogP contribution in [0.2, 0.25) is 0 Å². The van der Waals surface area contributed by atoms with Crippen molar-refractivity contribution in [3.8, 4) is 0 Å². The number of anilines is 1. The van der Waals surface area contributed by atoms with E-state index in [1.807, 2.05) is 0 Å². The third-order valence-corrected chi connectivity index (χ3v) is 3.68. The third kappa shape index (κ3) is 4.63. The van der Waals surface area contributed by atoms with Gasteiger partial charge in [0.1, 0.15) is 5.82 Å². The molecule has 0 heterocycles. The fourth-order valence-electron chi connectivity index (χ4n) is 2.47. The normalized spacial score (nSPS) is 23.1. The zero-order valence-corrected chi connectivity index (χ0v) is 11.3. The summed E-state index contributed by atoms with van der Waals surface area (Å²) in [5.41, 5.74) is 0.504. The van der Waals surface area contributed by atoms with Gasteiger partial charge in [0.05, 0.1) is 6.54 Å². The van der Waals surface area contributed by atoms with Crippen molar-refractivity contribution in [2.45, 2.75) is 38.6 Å². The Labute approximate surface area is 113 Å². The molecule has 0 saturated heterocycles. The third-order valence-electron chi connectivity index (χ3n) is 3.68. The van der Waals surface area contributed by atoms with Gasteiger partial charge in [-0.2, -0.15) is 0 Å². The molecule has 0 radical (unpaired) electrons. The molecule has 0 bridgehead atoms. The Morgan fingerprint density at radius 1 is 1.32 bits per heavy atom. The SMILES string of the molecule is CC1CCC(NCC(=O)Nc2cccc(F)c2)CC1. The van der Waals surface area contributed by atoms with Gasteiger partial charge in [-0.3, -0.25) is 4.79 Å². The van der Waals surface area contributed by atoms with E-state index in [-0.39, 0.29) is 18.3 Å². The molecule has 2 rings (SSSR count). The van der Waals surface area contributed by atoms with Gasteiger partial charge in [0.2, 0.25) is 5.91 Å². The smallest absolute Gasteiger partial charge is 0.238 e. The number of hydrogen-bond acceptors (Lipinski definition) is 2. The number of rotatable bonds is 4. The predicted octanol–water partition coefficient (Wildman–Crippen LogP) is 2.93. The number of halogens is 1. The fraction of sp³-hybridized carbons (Fsp3) is 0.533. The Hall–Kier alpha value is -1.42. The second-order valence-corrected chi connectivity index (χ2v) is 5.40. The first kappa shape index (κ1) is 14.0. The van der Waals surface area contributed by atoms with Gasteiger partial charge in [-0.05, 0) is 49.8 Å². The summed E-state index contributed by atoms with van der Waals surface area (Å²) in [5.74, 6) is 0.343. The number of carbonyl (C=O) groups is 1. The summed E-state index contributed by atoms with van der Waals surface area (Å²) in [4.78, 5) is 11.7. The van der Waals surface area contributed by atoms with Crippen molar-refractivity contribution in [2.75, 3.05) is 11.9 Å². The Morgan fingerprint density at radius 3 is 2.74 bits per heavy atom. The molecule has 1 saturated carbocycles. The van der Waals surface area contributed by atoms with Gasteiger partial charge in [-0.1, -0.05) is 13.0 Å². The molecular weight excluding hydrogens is 243 g/mol. The molecular formula is C15H21FN2O. The summed E-state index contributed by atoms with van der Waals surface area (Å²) in [6, 6.07) is 6.39. The molecule has 104 valence electrons. The van der Waals surface area contributed by atoms with E-state index in [0.29, 0.717) is 11.7 Å². The molecule has 0 aromatic heterocycles. The summed E-state index contributed by atoms with van der Waals surface area (Å²) in [7, 11) is 0. The Kier molecular flexibility index (Phi) is 4.91. The quantitative estimate of drug-likeness (QED) is 0.878. The average molecular weight is 264 g/mol. The van der Waals surface area contributed by atoms with Gasteiger partial charge in [0.15, 0.2) is 0 Å². The molecule has 1 aromatic carbocycles. The van der Waals surface area contributed by atoms with Crippen molar-refractivity contribution in [3.05, 3.63) is 30.1 Å². The van der Waals surface area contributed by atoms with Crippen LogP contribution in [0.15, 0.2) is 24.3 Å². The highest BCUT2D eigenvalue weighted by Gasteiger charge is 2.18. The molecule has 1 aliphatic carbocycles. The molecule has 0 atom stereocenters. The van der Waals surface area contributed by atoms with Crippen LogP contribution in [-0.2, 0) is 4.79 Å². The summed E-state index contributed by atoms with van der Waals surface area (Å²) < 4.78 is 13.0. The minimum absolute atomic E-state index is 0.121. The van der Waals surface area contributed by atoms with Crippen molar-refractivity contribution in [1.82, 2.24) is 5.32 Å². The monoisotopic (exact) mass is 264 g/mol. The molecule has 2 N–H and O–H groups in total. The van der Waals surface area contributed by atoms with Gasteiger partial charge < -0.3 is 10.6 Å². The van der Waals surface area contributed by atoms with E-state index in [2.05, 4.69) is 17.6 Å². The summed E-state index contributed by atoms with van der Waals surface area (Å²) in [5, 5.41) is 5.96. The molecule has 1 amide bonds. The van der Waals surface area contributed by atoms with Crippen molar-refractivity contribution in [1.29, 1.82) is 0 Å². The first-order chi connectivity index (χ1) is 9.13. The topological polar surface area (TPSA) is 41.1 Å². The van der Waals surface area contributed by atoms with E-state index >= 15 is 0 Å². The Bertz CT molecular complexity index is 428.